The van der Waals surface area contributed by atoms with Gasteiger partial charge >= 0.3 is 0 Å². The molecule has 1 fully saturated rings. The number of nitrogens with one attached hydrogen (secondary N) is 1. The summed E-state index contributed by atoms with van der Waals surface area (Å²) in [5.41, 5.74) is 8.89. The SMILES string of the molecule is Cc1ccc(Br)cc1CCNCC1(N)CC1. The first kappa shape index (κ1) is 12.1. The van der Waals surface area contributed by atoms with Crippen molar-refractivity contribution in [2.75, 3.05) is 13.1 Å². The number of aryl methyl sites for hydroxylation is 1. The molecule has 0 amide bonds. The Balaban J connectivity index is 1.78. The number of hydrogen-bond donors (Lipinski definition) is 2. The molecule has 0 aromatic heterocycles. The zero-order valence-electron chi connectivity index (χ0n) is 9.72. The lowest BCUT2D eigenvalue weighted by atomic mass is 10.1. The molecule has 88 valence electrons. The fraction of sp³-hybridized carbons (Fsp3) is 0.538. The Morgan fingerprint density at radius 1 is 1.44 bits per heavy atom. The zero-order valence-corrected chi connectivity index (χ0v) is 11.3. The first-order chi connectivity index (χ1) is 7.59. The van der Waals surface area contributed by atoms with Crippen LogP contribution >= 0.6 is 15.9 Å². The third kappa shape index (κ3) is 3.30. The highest BCUT2D eigenvalue weighted by Crippen LogP contribution is 2.30. The van der Waals surface area contributed by atoms with E-state index >= 15 is 0 Å². The molecule has 1 aromatic rings. The van der Waals surface area contributed by atoms with Crippen LogP contribution < -0.4 is 11.1 Å². The second-order valence-electron chi connectivity index (χ2n) is 4.86. The van der Waals surface area contributed by atoms with E-state index in [9.17, 15) is 0 Å². The molecular formula is C13H19BrN2. The first-order valence-corrected chi connectivity index (χ1v) is 6.63. The van der Waals surface area contributed by atoms with E-state index in [4.69, 9.17) is 5.73 Å². The van der Waals surface area contributed by atoms with E-state index in [2.05, 4.69) is 46.4 Å². The molecule has 0 saturated heterocycles. The standard InChI is InChI=1S/C13H19BrN2/c1-10-2-3-12(14)8-11(10)4-7-16-9-13(15)5-6-13/h2-3,8,16H,4-7,9,15H2,1H3. The summed E-state index contributed by atoms with van der Waals surface area (Å²) in [6.45, 7) is 4.13. The van der Waals surface area contributed by atoms with Crippen molar-refractivity contribution in [3.05, 3.63) is 33.8 Å². The van der Waals surface area contributed by atoms with E-state index in [0.717, 1.165) is 24.0 Å². The average molecular weight is 283 g/mol. The van der Waals surface area contributed by atoms with Gasteiger partial charge in [-0.15, -0.1) is 0 Å². The highest BCUT2D eigenvalue weighted by atomic mass is 79.9. The molecule has 1 aromatic carbocycles. The molecule has 0 atom stereocenters. The average Bonchev–Trinajstić information content (AvgIpc) is 2.97. The monoisotopic (exact) mass is 282 g/mol. The van der Waals surface area contributed by atoms with Crippen LogP contribution in [0.2, 0.25) is 0 Å². The van der Waals surface area contributed by atoms with Crippen LogP contribution in [-0.4, -0.2) is 18.6 Å². The summed E-state index contributed by atoms with van der Waals surface area (Å²) in [6.07, 6.45) is 3.42. The van der Waals surface area contributed by atoms with E-state index in [1.54, 1.807) is 0 Å². The van der Waals surface area contributed by atoms with Crippen LogP contribution in [-0.2, 0) is 6.42 Å². The van der Waals surface area contributed by atoms with Gasteiger partial charge < -0.3 is 11.1 Å². The highest BCUT2D eigenvalue weighted by Gasteiger charge is 2.37. The molecule has 1 aliphatic carbocycles. The second-order valence-corrected chi connectivity index (χ2v) is 5.78. The summed E-state index contributed by atoms with van der Waals surface area (Å²) in [4.78, 5) is 0. The fourth-order valence-corrected chi connectivity index (χ4v) is 2.22. The van der Waals surface area contributed by atoms with Crippen molar-refractivity contribution in [3.8, 4) is 0 Å². The Morgan fingerprint density at radius 3 is 2.88 bits per heavy atom. The maximum atomic E-state index is 6.01. The Kier molecular flexibility index (Phi) is 3.67. The van der Waals surface area contributed by atoms with Crippen LogP contribution in [0, 0.1) is 6.92 Å². The number of hydrogen-bond acceptors (Lipinski definition) is 2. The lowest BCUT2D eigenvalue weighted by molar-refractivity contribution is 0.570. The van der Waals surface area contributed by atoms with Gasteiger partial charge in [-0.2, -0.15) is 0 Å². The highest BCUT2D eigenvalue weighted by molar-refractivity contribution is 9.10. The summed E-state index contributed by atoms with van der Waals surface area (Å²) in [7, 11) is 0. The summed E-state index contributed by atoms with van der Waals surface area (Å²) in [6, 6.07) is 6.45. The van der Waals surface area contributed by atoms with Crippen LogP contribution in [0.25, 0.3) is 0 Å². The van der Waals surface area contributed by atoms with Gasteiger partial charge in [-0.25, -0.2) is 0 Å². The summed E-state index contributed by atoms with van der Waals surface area (Å²) < 4.78 is 1.16. The molecule has 1 saturated carbocycles. The topological polar surface area (TPSA) is 38.0 Å². The maximum Gasteiger partial charge on any atom is 0.0282 e. The first-order valence-electron chi connectivity index (χ1n) is 5.84. The van der Waals surface area contributed by atoms with E-state index in [1.807, 2.05) is 0 Å². The molecule has 1 aliphatic rings. The van der Waals surface area contributed by atoms with Gasteiger partial charge in [0.15, 0.2) is 0 Å². The molecule has 0 radical (unpaired) electrons. The minimum absolute atomic E-state index is 0.117. The van der Waals surface area contributed by atoms with E-state index in [1.165, 1.54) is 24.0 Å². The van der Waals surface area contributed by atoms with E-state index in [-0.39, 0.29) is 5.54 Å². The Labute approximate surface area is 106 Å². The summed E-state index contributed by atoms with van der Waals surface area (Å²) >= 11 is 3.51. The molecule has 2 nitrogen and oxygen atoms in total. The molecule has 0 heterocycles. The Morgan fingerprint density at radius 2 is 2.19 bits per heavy atom. The molecule has 0 unspecified atom stereocenters. The molecule has 3 N–H and O–H groups in total. The largest absolute Gasteiger partial charge is 0.324 e. The minimum Gasteiger partial charge on any atom is -0.324 e. The van der Waals surface area contributed by atoms with Gasteiger partial charge in [0.2, 0.25) is 0 Å². The van der Waals surface area contributed by atoms with Crippen molar-refractivity contribution in [1.29, 1.82) is 0 Å². The second kappa shape index (κ2) is 4.86. The molecular weight excluding hydrogens is 264 g/mol. The van der Waals surface area contributed by atoms with Crippen molar-refractivity contribution in [2.45, 2.75) is 31.7 Å². The smallest absolute Gasteiger partial charge is 0.0282 e. The molecule has 2 rings (SSSR count). The fourth-order valence-electron chi connectivity index (χ4n) is 1.81. The van der Waals surface area contributed by atoms with Gasteiger partial charge in [0.1, 0.15) is 0 Å². The quantitative estimate of drug-likeness (QED) is 0.814. The molecule has 16 heavy (non-hydrogen) atoms. The summed E-state index contributed by atoms with van der Waals surface area (Å²) in [5, 5.41) is 3.44. The van der Waals surface area contributed by atoms with Crippen molar-refractivity contribution in [3.63, 3.8) is 0 Å². The lowest BCUT2D eigenvalue weighted by Gasteiger charge is -2.11. The van der Waals surface area contributed by atoms with Crippen LogP contribution in [0.5, 0.6) is 0 Å². The number of nitrogens with two attached hydrogens (primary N) is 1. The normalized spacial score (nSPS) is 17.4. The molecule has 0 bridgehead atoms. The van der Waals surface area contributed by atoms with E-state index < -0.39 is 0 Å². The number of halogens is 1. The Bertz CT molecular complexity index is 372. The lowest BCUT2D eigenvalue weighted by Crippen LogP contribution is -2.36. The predicted octanol–water partition coefficient (Wildman–Crippen LogP) is 2.38. The van der Waals surface area contributed by atoms with Gasteiger partial charge in [-0.1, -0.05) is 22.0 Å². The van der Waals surface area contributed by atoms with Crippen LogP contribution in [0.3, 0.4) is 0 Å². The minimum atomic E-state index is 0.117. The van der Waals surface area contributed by atoms with Gasteiger partial charge in [-0.05, 0) is 56.0 Å². The zero-order chi connectivity index (χ0) is 11.6. The third-order valence-corrected chi connectivity index (χ3v) is 3.74. The Hall–Kier alpha value is -0.380. The van der Waals surface area contributed by atoms with Crippen molar-refractivity contribution in [2.24, 2.45) is 5.73 Å². The van der Waals surface area contributed by atoms with Gasteiger partial charge in [0, 0.05) is 16.6 Å². The molecule has 0 spiro atoms. The van der Waals surface area contributed by atoms with Gasteiger partial charge in [0.05, 0.1) is 0 Å². The van der Waals surface area contributed by atoms with Crippen LogP contribution in [0.4, 0.5) is 0 Å². The van der Waals surface area contributed by atoms with Crippen molar-refractivity contribution >= 4 is 15.9 Å². The van der Waals surface area contributed by atoms with Crippen LogP contribution in [0.1, 0.15) is 24.0 Å². The third-order valence-electron chi connectivity index (χ3n) is 3.25. The van der Waals surface area contributed by atoms with Gasteiger partial charge in [-0.3, -0.25) is 0 Å². The van der Waals surface area contributed by atoms with E-state index in [0.29, 0.717) is 0 Å². The van der Waals surface area contributed by atoms with Crippen molar-refractivity contribution in [1.82, 2.24) is 5.32 Å². The number of rotatable bonds is 5. The summed E-state index contributed by atoms with van der Waals surface area (Å²) in [5.74, 6) is 0. The van der Waals surface area contributed by atoms with Gasteiger partial charge in [0.25, 0.3) is 0 Å². The molecule has 0 aliphatic heterocycles. The van der Waals surface area contributed by atoms with Crippen LogP contribution in [0.15, 0.2) is 22.7 Å². The molecule has 3 heteroatoms. The maximum absolute atomic E-state index is 6.01. The van der Waals surface area contributed by atoms with Crippen molar-refractivity contribution < 1.29 is 0 Å². The number of benzene rings is 1. The predicted molar refractivity (Wildman–Crippen MR) is 71.6 cm³/mol.